The van der Waals surface area contributed by atoms with E-state index < -0.39 is 33.2 Å². The Morgan fingerprint density at radius 3 is 1.21 bits per heavy atom. The molecule has 0 saturated carbocycles. The summed E-state index contributed by atoms with van der Waals surface area (Å²) < 4.78 is 0. The second-order valence-electron chi connectivity index (χ2n) is 6.45. The number of fused-ring (bicyclic) bond motifs is 2. The SMILES string of the molecule is O=C([O-])c1c([N+](=O)[O-])ccc2ccccc12.O=C([O-])c1c([N+](=O)[O-])ccc2ccccc12.[Zn+2]. The van der Waals surface area contributed by atoms with Crippen molar-refractivity contribution in [3.8, 4) is 0 Å². The summed E-state index contributed by atoms with van der Waals surface area (Å²) in [5.41, 5.74) is -1.64. The summed E-state index contributed by atoms with van der Waals surface area (Å²) in [7, 11) is 0. The van der Waals surface area contributed by atoms with Crippen LogP contribution >= 0.6 is 0 Å². The van der Waals surface area contributed by atoms with Crippen LogP contribution < -0.4 is 10.2 Å². The van der Waals surface area contributed by atoms with Crippen molar-refractivity contribution in [2.75, 3.05) is 0 Å². The Morgan fingerprint density at radius 1 is 0.576 bits per heavy atom. The van der Waals surface area contributed by atoms with E-state index in [2.05, 4.69) is 0 Å². The van der Waals surface area contributed by atoms with E-state index in [1.165, 1.54) is 36.4 Å². The van der Waals surface area contributed by atoms with E-state index in [0.717, 1.165) is 0 Å². The third kappa shape index (κ3) is 5.16. The standard InChI is InChI=1S/2C11H7NO4.Zn/c2*13-11(14)10-8-4-2-1-3-7(8)5-6-9(10)12(15)16;/h2*1-6H,(H,13,14);/q;;+2/p-2. The van der Waals surface area contributed by atoms with E-state index in [0.29, 0.717) is 21.5 Å². The summed E-state index contributed by atoms with van der Waals surface area (Å²) in [5.74, 6) is -3.08. The van der Waals surface area contributed by atoms with Crippen molar-refractivity contribution >= 4 is 44.9 Å². The molecule has 10 nitrogen and oxygen atoms in total. The Kier molecular flexibility index (Phi) is 7.87. The molecular formula is C22H12N2O8Zn. The molecule has 0 unspecified atom stereocenters. The number of carbonyl (C=O) groups is 2. The molecule has 0 saturated heterocycles. The number of aromatic carboxylic acids is 2. The van der Waals surface area contributed by atoms with Crippen molar-refractivity contribution in [1.29, 1.82) is 0 Å². The molecule has 0 fully saturated rings. The van der Waals surface area contributed by atoms with Crippen molar-refractivity contribution < 1.29 is 49.1 Å². The van der Waals surface area contributed by atoms with Crippen LogP contribution in [0.15, 0.2) is 72.8 Å². The van der Waals surface area contributed by atoms with Gasteiger partial charge in [0.1, 0.15) is 0 Å². The summed E-state index contributed by atoms with van der Waals surface area (Å²) in [6, 6.07) is 18.5. The summed E-state index contributed by atoms with van der Waals surface area (Å²) in [6.07, 6.45) is 0. The number of hydrogen-bond donors (Lipinski definition) is 0. The Balaban J connectivity index is 0.000000227. The van der Waals surface area contributed by atoms with Gasteiger partial charge in [-0.3, -0.25) is 20.2 Å². The topological polar surface area (TPSA) is 167 Å². The fraction of sp³-hybridized carbons (Fsp3) is 0. The molecule has 0 aliphatic heterocycles. The number of nitro benzene ring substituents is 2. The quantitative estimate of drug-likeness (QED) is 0.235. The first-order valence-electron chi connectivity index (χ1n) is 8.97. The summed E-state index contributed by atoms with van der Waals surface area (Å²) in [4.78, 5) is 41.8. The van der Waals surface area contributed by atoms with Gasteiger partial charge in [-0.05, 0) is 33.7 Å². The number of nitro groups is 2. The number of rotatable bonds is 4. The molecule has 0 spiro atoms. The van der Waals surface area contributed by atoms with Gasteiger partial charge in [0.2, 0.25) is 0 Å². The van der Waals surface area contributed by atoms with Crippen LogP contribution in [0.2, 0.25) is 0 Å². The zero-order chi connectivity index (χ0) is 23.4. The van der Waals surface area contributed by atoms with Gasteiger partial charge in [-0.1, -0.05) is 48.5 Å². The van der Waals surface area contributed by atoms with E-state index >= 15 is 0 Å². The number of carbonyl (C=O) groups excluding carboxylic acids is 2. The minimum Gasteiger partial charge on any atom is -0.545 e. The Labute approximate surface area is 198 Å². The van der Waals surface area contributed by atoms with Gasteiger partial charge in [0.15, 0.2) is 0 Å². The second-order valence-corrected chi connectivity index (χ2v) is 6.45. The molecular weight excluding hydrogens is 486 g/mol. The molecule has 4 rings (SSSR count). The molecule has 0 aliphatic carbocycles. The number of hydrogen-bond acceptors (Lipinski definition) is 8. The van der Waals surface area contributed by atoms with Crippen LogP contribution in [0.3, 0.4) is 0 Å². The Bertz CT molecular complexity index is 1300. The first-order chi connectivity index (χ1) is 15.2. The van der Waals surface area contributed by atoms with Gasteiger partial charge < -0.3 is 19.8 Å². The normalized spacial score (nSPS) is 9.94. The molecule has 0 atom stereocenters. The van der Waals surface area contributed by atoms with E-state index in [-0.39, 0.29) is 30.6 Å². The Hall–Kier alpha value is -4.24. The maximum absolute atomic E-state index is 10.9. The third-order valence-electron chi connectivity index (χ3n) is 4.62. The van der Waals surface area contributed by atoms with E-state index in [1.807, 2.05) is 0 Å². The van der Waals surface area contributed by atoms with Crippen molar-refractivity contribution in [2.24, 2.45) is 0 Å². The van der Waals surface area contributed by atoms with Crippen LogP contribution in [0.4, 0.5) is 11.4 Å². The van der Waals surface area contributed by atoms with Crippen LogP contribution in [0.1, 0.15) is 20.7 Å². The second kappa shape index (κ2) is 10.4. The van der Waals surface area contributed by atoms with Crippen molar-refractivity contribution in [1.82, 2.24) is 0 Å². The largest absolute Gasteiger partial charge is 2.00 e. The fourth-order valence-corrected chi connectivity index (χ4v) is 3.25. The molecule has 0 aliphatic rings. The van der Waals surface area contributed by atoms with Gasteiger partial charge in [0, 0.05) is 12.1 Å². The van der Waals surface area contributed by atoms with Gasteiger partial charge in [0.25, 0.3) is 11.4 Å². The maximum Gasteiger partial charge on any atom is 2.00 e. The molecule has 0 amide bonds. The number of nitrogens with zero attached hydrogens (tertiary/aromatic N) is 2. The molecule has 4 aromatic rings. The van der Waals surface area contributed by atoms with Crippen LogP contribution in [-0.2, 0) is 19.5 Å². The molecule has 4 aromatic carbocycles. The molecule has 0 radical (unpaired) electrons. The molecule has 0 heterocycles. The van der Waals surface area contributed by atoms with Gasteiger partial charge >= 0.3 is 19.5 Å². The van der Waals surface area contributed by atoms with Crippen LogP contribution in [0.5, 0.6) is 0 Å². The monoisotopic (exact) mass is 496 g/mol. The maximum atomic E-state index is 10.9. The smallest absolute Gasteiger partial charge is 0.545 e. The van der Waals surface area contributed by atoms with E-state index in [4.69, 9.17) is 0 Å². The Morgan fingerprint density at radius 2 is 0.909 bits per heavy atom. The number of carboxylic acids is 2. The van der Waals surface area contributed by atoms with Gasteiger partial charge in [-0.15, -0.1) is 0 Å². The van der Waals surface area contributed by atoms with Crippen molar-refractivity contribution in [3.05, 3.63) is 104 Å². The number of carboxylic acid groups (broad SMARTS) is 2. The van der Waals surface area contributed by atoms with Gasteiger partial charge in [-0.2, -0.15) is 0 Å². The third-order valence-corrected chi connectivity index (χ3v) is 4.62. The predicted molar refractivity (Wildman–Crippen MR) is 110 cm³/mol. The molecule has 0 N–H and O–H groups in total. The van der Waals surface area contributed by atoms with Crippen LogP contribution in [-0.4, -0.2) is 21.8 Å². The van der Waals surface area contributed by atoms with Crippen LogP contribution in [0, 0.1) is 20.2 Å². The minimum absolute atomic E-state index is 0. The van der Waals surface area contributed by atoms with E-state index in [1.54, 1.807) is 36.4 Å². The first kappa shape index (κ1) is 25.0. The average Bonchev–Trinajstić information content (AvgIpc) is 2.77. The number of benzene rings is 4. The zero-order valence-electron chi connectivity index (χ0n) is 16.8. The molecule has 33 heavy (non-hydrogen) atoms. The first-order valence-corrected chi connectivity index (χ1v) is 8.97. The minimum atomic E-state index is -1.54. The van der Waals surface area contributed by atoms with Crippen molar-refractivity contribution in [2.45, 2.75) is 0 Å². The average molecular weight is 498 g/mol. The molecule has 11 heteroatoms. The van der Waals surface area contributed by atoms with Gasteiger partial charge in [-0.25, -0.2) is 0 Å². The molecule has 160 valence electrons. The fourth-order valence-electron chi connectivity index (χ4n) is 3.25. The van der Waals surface area contributed by atoms with Gasteiger partial charge in [0.05, 0.1) is 32.9 Å². The molecule has 0 bridgehead atoms. The van der Waals surface area contributed by atoms with Crippen LogP contribution in [0.25, 0.3) is 21.5 Å². The summed E-state index contributed by atoms with van der Waals surface area (Å²) >= 11 is 0. The summed E-state index contributed by atoms with van der Waals surface area (Å²) in [5, 5.41) is 45.1. The van der Waals surface area contributed by atoms with E-state index in [9.17, 15) is 40.0 Å². The summed E-state index contributed by atoms with van der Waals surface area (Å²) in [6.45, 7) is 0. The van der Waals surface area contributed by atoms with Crippen molar-refractivity contribution in [3.63, 3.8) is 0 Å². The predicted octanol–water partition coefficient (Wildman–Crippen LogP) is 2.22. The zero-order valence-corrected chi connectivity index (χ0v) is 19.8. The molecule has 0 aromatic heterocycles.